The minimum absolute atomic E-state index is 0.0648. The van der Waals surface area contributed by atoms with Crippen LogP contribution in [-0.4, -0.2) is 80.5 Å². The van der Waals surface area contributed by atoms with Crippen molar-refractivity contribution >= 4 is 52.1 Å². The summed E-state index contributed by atoms with van der Waals surface area (Å²) in [6.07, 6.45) is 2.84. The molecule has 1 aliphatic rings. The number of rotatable bonds is 8. The summed E-state index contributed by atoms with van der Waals surface area (Å²) in [7, 11) is 0. The van der Waals surface area contributed by atoms with Crippen molar-refractivity contribution in [3.63, 3.8) is 0 Å². The third-order valence-corrected chi connectivity index (χ3v) is 6.94. The number of benzene rings is 2. The molecule has 0 aliphatic carbocycles. The number of hydrogen-bond donors (Lipinski definition) is 3. The van der Waals surface area contributed by atoms with Crippen molar-refractivity contribution in [2.45, 2.75) is 12.6 Å². The number of para-hydroxylation sites is 1. The van der Waals surface area contributed by atoms with Crippen LogP contribution in [0.15, 0.2) is 73.1 Å². The Kier molecular flexibility index (Phi) is 9.76. The number of alkyl halides is 3. The molecule has 0 atom stereocenters. The number of halogens is 3. The standard InChI is InChI=1S/C30H28N6O3.C2HF3O2/c37-28(38)13-14-31-23-8-6-22(7-9-23)27-19-32-29(35-15-17-39-18-16-35)30-34-25(20-36(27)30)12-11-24-10-5-21-3-1-2-4-26(21)33-24;3-2(4,5)1(6)7/h1-12,19-20,31H,13-18H2,(H,37,38);(H,6,7)/b12-11+;. The fraction of sp³-hybridized carbons (Fsp3) is 0.219. The normalized spacial score (nSPS) is 13.5. The van der Waals surface area contributed by atoms with Crippen LogP contribution in [0.2, 0.25) is 0 Å². The monoisotopic (exact) mass is 634 g/mol. The van der Waals surface area contributed by atoms with Crippen LogP contribution in [0, 0.1) is 0 Å². The van der Waals surface area contributed by atoms with E-state index in [1.54, 1.807) is 0 Å². The van der Waals surface area contributed by atoms with Crippen molar-refractivity contribution in [2.75, 3.05) is 43.1 Å². The number of nitrogens with zero attached hydrogens (tertiary/aromatic N) is 5. The minimum Gasteiger partial charge on any atom is -0.481 e. The number of fused-ring (bicyclic) bond motifs is 2. The molecule has 238 valence electrons. The van der Waals surface area contributed by atoms with Gasteiger partial charge >= 0.3 is 18.1 Å². The molecule has 3 N–H and O–H groups in total. The molecule has 0 unspecified atom stereocenters. The lowest BCUT2D eigenvalue weighted by Crippen LogP contribution is -2.37. The first-order valence-electron chi connectivity index (χ1n) is 14.2. The van der Waals surface area contributed by atoms with E-state index in [1.807, 2.05) is 73.1 Å². The SMILES string of the molecule is O=C(O)C(F)(F)F.O=C(O)CCNc1ccc(-c2cnc(N3CCOCC3)c3nc(/C=C/c4ccc5ccccc5n4)cn23)cc1. The molecule has 1 fully saturated rings. The molecule has 2 aromatic carbocycles. The largest absolute Gasteiger partial charge is 0.490 e. The zero-order valence-corrected chi connectivity index (χ0v) is 24.3. The van der Waals surface area contributed by atoms with E-state index in [9.17, 15) is 18.0 Å². The molecule has 0 radical (unpaired) electrons. The van der Waals surface area contributed by atoms with Crippen molar-refractivity contribution in [3.05, 3.63) is 84.4 Å². The predicted molar refractivity (Wildman–Crippen MR) is 167 cm³/mol. The van der Waals surface area contributed by atoms with E-state index in [1.165, 1.54) is 0 Å². The lowest BCUT2D eigenvalue weighted by atomic mass is 10.1. The molecule has 6 rings (SSSR count). The lowest BCUT2D eigenvalue weighted by Gasteiger charge is -2.28. The number of aliphatic carboxylic acids is 2. The van der Waals surface area contributed by atoms with Crippen molar-refractivity contribution < 1.29 is 37.7 Å². The third-order valence-electron chi connectivity index (χ3n) is 6.94. The highest BCUT2D eigenvalue weighted by atomic mass is 19.4. The number of carboxylic acid groups (broad SMARTS) is 2. The Morgan fingerprint density at radius 2 is 1.63 bits per heavy atom. The van der Waals surface area contributed by atoms with Gasteiger partial charge in [0, 0.05) is 42.5 Å². The Balaban J connectivity index is 0.000000537. The second-order valence-corrected chi connectivity index (χ2v) is 10.1. The molecule has 4 heterocycles. The molecular formula is C32H29F3N6O5. The van der Waals surface area contributed by atoms with E-state index in [0.29, 0.717) is 19.8 Å². The molecule has 1 aliphatic heterocycles. The molecule has 46 heavy (non-hydrogen) atoms. The first kappa shape index (κ1) is 31.9. The highest BCUT2D eigenvalue weighted by Crippen LogP contribution is 2.28. The van der Waals surface area contributed by atoms with Crippen LogP contribution < -0.4 is 10.2 Å². The van der Waals surface area contributed by atoms with Gasteiger partial charge in [-0.25, -0.2) is 19.7 Å². The van der Waals surface area contributed by atoms with Crippen molar-refractivity contribution in [3.8, 4) is 11.3 Å². The van der Waals surface area contributed by atoms with Crippen LogP contribution in [-0.2, 0) is 14.3 Å². The van der Waals surface area contributed by atoms with Gasteiger partial charge < -0.3 is 25.2 Å². The van der Waals surface area contributed by atoms with Gasteiger partial charge in [-0.05, 0) is 36.4 Å². The Morgan fingerprint density at radius 3 is 2.33 bits per heavy atom. The Labute approximate surface area is 260 Å². The summed E-state index contributed by atoms with van der Waals surface area (Å²) in [5.74, 6) is -2.75. The summed E-state index contributed by atoms with van der Waals surface area (Å²) in [5.41, 5.74) is 6.17. The molecule has 0 saturated carbocycles. The average molecular weight is 635 g/mol. The summed E-state index contributed by atoms with van der Waals surface area (Å²) in [4.78, 5) is 36.4. The minimum atomic E-state index is -5.08. The Hall–Kier alpha value is -5.50. The first-order valence-corrected chi connectivity index (χ1v) is 14.2. The van der Waals surface area contributed by atoms with Gasteiger partial charge in [-0.1, -0.05) is 36.4 Å². The number of carboxylic acids is 2. The van der Waals surface area contributed by atoms with Crippen LogP contribution in [0.3, 0.4) is 0 Å². The maximum Gasteiger partial charge on any atom is 0.490 e. The second-order valence-electron chi connectivity index (χ2n) is 10.1. The third kappa shape index (κ3) is 7.95. The number of hydrogen-bond acceptors (Lipinski definition) is 8. The molecule has 5 aromatic rings. The maximum absolute atomic E-state index is 10.8. The molecule has 11 nitrogen and oxygen atoms in total. The van der Waals surface area contributed by atoms with Crippen LogP contribution in [0.4, 0.5) is 24.7 Å². The summed E-state index contributed by atoms with van der Waals surface area (Å²) in [6.45, 7) is 3.22. The van der Waals surface area contributed by atoms with Gasteiger partial charge in [0.25, 0.3) is 0 Å². The van der Waals surface area contributed by atoms with E-state index in [4.69, 9.17) is 34.7 Å². The van der Waals surface area contributed by atoms with Crippen LogP contribution in [0.1, 0.15) is 17.8 Å². The van der Waals surface area contributed by atoms with Crippen LogP contribution >= 0.6 is 0 Å². The molecule has 1 saturated heterocycles. The zero-order valence-electron chi connectivity index (χ0n) is 24.3. The Bertz CT molecular complexity index is 1870. The number of nitrogens with one attached hydrogen (secondary N) is 1. The Morgan fingerprint density at radius 1 is 0.935 bits per heavy atom. The second kappa shape index (κ2) is 14.1. The molecule has 0 spiro atoms. The molecule has 3 aromatic heterocycles. The summed E-state index contributed by atoms with van der Waals surface area (Å²) < 4.78 is 39.4. The first-order chi connectivity index (χ1) is 22.1. The number of carbonyl (C=O) groups is 2. The van der Waals surface area contributed by atoms with Crippen LogP contribution in [0.25, 0.3) is 40.0 Å². The predicted octanol–water partition coefficient (Wildman–Crippen LogP) is 5.47. The van der Waals surface area contributed by atoms with Gasteiger partial charge in [0.2, 0.25) is 0 Å². The van der Waals surface area contributed by atoms with Crippen LogP contribution in [0.5, 0.6) is 0 Å². The van der Waals surface area contributed by atoms with Gasteiger partial charge in [0.1, 0.15) is 0 Å². The van der Waals surface area contributed by atoms with Crippen molar-refractivity contribution in [2.24, 2.45) is 0 Å². The summed E-state index contributed by atoms with van der Waals surface area (Å²) >= 11 is 0. The highest BCUT2D eigenvalue weighted by Gasteiger charge is 2.38. The summed E-state index contributed by atoms with van der Waals surface area (Å²) in [5, 5.41) is 20.2. The van der Waals surface area contributed by atoms with Crippen molar-refractivity contribution in [1.29, 1.82) is 0 Å². The van der Waals surface area contributed by atoms with E-state index >= 15 is 0 Å². The van der Waals surface area contributed by atoms with E-state index in [2.05, 4.69) is 26.8 Å². The van der Waals surface area contributed by atoms with E-state index in [-0.39, 0.29) is 6.42 Å². The number of pyridine rings is 1. The number of ether oxygens (including phenoxy) is 1. The molecular weight excluding hydrogens is 605 g/mol. The van der Waals surface area contributed by atoms with Gasteiger partial charge in [-0.15, -0.1) is 0 Å². The van der Waals surface area contributed by atoms with Gasteiger partial charge in [-0.3, -0.25) is 9.20 Å². The highest BCUT2D eigenvalue weighted by molar-refractivity contribution is 5.81. The lowest BCUT2D eigenvalue weighted by molar-refractivity contribution is -0.192. The van der Waals surface area contributed by atoms with Gasteiger partial charge in [-0.2, -0.15) is 13.2 Å². The van der Waals surface area contributed by atoms with Gasteiger partial charge in [0.15, 0.2) is 11.5 Å². The fourth-order valence-corrected chi connectivity index (χ4v) is 4.69. The maximum atomic E-state index is 10.8. The number of morpholine rings is 1. The average Bonchev–Trinajstić information content (AvgIpc) is 3.48. The number of imidazole rings is 1. The quantitative estimate of drug-likeness (QED) is 0.201. The number of anilines is 2. The molecule has 0 amide bonds. The molecule has 14 heteroatoms. The molecule has 0 bridgehead atoms. The van der Waals surface area contributed by atoms with E-state index in [0.717, 1.165) is 63.8 Å². The summed E-state index contributed by atoms with van der Waals surface area (Å²) in [6, 6.07) is 20.0. The van der Waals surface area contributed by atoms with Crippen molar-refractivity contribution in [1.82, 2.24) is 19.4 Å². The van der Waals surface area contributed by atoms with E-state index < -0.39 is 18.1 Å². The topological polar surface area (TPSA) is 142 Å². The number of aromatic nitrogens is 4. The zero-order chi connectivity index (χ0) is 32.7. The fourth-order valence-electron chi connectivity index (χ4n) is 4.69. The smallest absolute Gasteiger partial charge is 0.481 e. The van der Waals surface area contributed by atoms with Gasteiger partial charge in [0.05, 0.1) is 48.4 Å².